The Morgan fingerprint density at radius 1 is 1.29 bits per heavy atom. The van der Waals surface area contributed by atoms with Crippen LogP contribution in [0.2, 0.25) is 0 Å². The molecule has 1 aromatic carbocycles. The topological polar surface area (TPSA) is 92.5 Å². The van der Waals surface area contributed by atoms with Crippen LogP contribution >= 0.6 is 0 Å². The third-order valence-electron chi connectivity index (χ3n) is 2.12. The van der Waals surface area contributed by atoms with Crippen LogP contribution in [0.25, 0.3) is 0 Å². The minimum atomic E-state index is -4.41. The molecule has 0 heterocycles. The number of para-hydroxylation sites is 1. The molecule has 0 amide bonds. The van der Waals surface area contributed by atoms with Gasteiger partial charge < -0.3 is 4.55 Å². The maximum absolute atomic E-state index is 9.22. The van der Waals surface area contributed by atoms with E-state index in [0.717, 1.165) is 11.6 Å². The lowest BCUT2D eigenvalue weighted by Crippen LogP contribution is -2.45. The van der Waals surface area contributed by atoms with Crippen molar-refractivity contribution in [3.05, 3.63) is 30.3 Å². The molecule has 0 saturated heterocycles. The molecule has 0 radical (unpaired) electrons. The van der Waals surface area contributed by atoms with Crippen molar-refractivity contribution in [2.24, 2.45) is 5.73 Å². The Labute approximate surface area is 102 Å². The average Bonchev–Trinajstić information content (AvgIpc) is 2.30. The van der Waals surface area contributed by atoms with Gasteiger partial charge in [0, 0.05) is 0 Å². The Balaban J connectivity index is 0.000000366. The fraction of sp³-hybridized carbons (Fsp3) is 0.400. The van der Waals surface area contributed by atoms with Crippen LogP contribution < -0.4 is 10.2 Å². The predicted octanol–water partition coefficient (Wildman–Crippen LogP) is 0.263. The highest BCUT2D eigenvalue weighted by Gasteiger charge is 2.14. The molecule has 0 saturated carbocycles. The van der Waals surface area contributed by atoms with Crippen LogP contribution in [0.4, 0.5) is 5.69 Å². The van der Waals surface area contributed by atoms with E-state index >= 15 is 0 Å². The molecule has 98 valence electrons. The van der Waals surface area contributed by atoms with E-state index in [9.17, 15) is 13.0 Å². The van der Waals surface area contributed by atoms with E-state index < -0.39 is 10.4 Å². The molecule has 0 fully saturated rings. The summed E-state index contributed by atoms with van der Waals surface area (Å²) in [5.41, 5.74) is 6.86. The molecule has 0 atom stereocenters. The van der Waals surface area contributed by atoms with Gasteiger partial charge in [-0.1, -0.05) is 18.2 Å². The molecule has 0 spiro atoms. The molecule has 2 N–H and O–H groups in total. The van der Waals surface area contributed by atoms with Crippen LogP contribution in [0.1, 0.15) is 0 Å². The number of rotatable bonds is 3. The van der Waals surface area contributed by atoms with Gasteiger partial charge >= 0.3 is 0 Å². The van der Waals surface area contributed by atoms with Crippen molar-refractivity contribution < 1.29 is 17.2 Å². The number of hydrogen-bond donors (Lipinski definition) is 1. The quantitative estimate of drug-likeness (QED) is 0.365. The molecular weight excluding hydrogens is 244 g/mol. The first-order valence-corrected chi connectivity index (χ1v) is 6.16. The van der Waals surface area contributed by atoms with Gasteiger partial charge in [0.2, 0.25) is 10.4 Å². The van der Waals surface area contributed by atoms with E-state index in [1.807, 2.05) is 18.2 Å². The van der Waals surface area contributed by atoms with E-state index in [-0.39, 0.29) is 0 Å². The van der Waals surface area contributed by atoms with Gasteiger partial charge in [0.15, 0.2) is 0 Å². The van der Waals surface area contributed by atoms with Crippen molar-refractivity contribution in [2.75, 3.05) is 27.9 Å². The van der Waals surface area contributed by atoms with Gasteiger partial charge in [-0.3, -0.25) is 14.4 Å². The summed E-state index contributed by atoms with van der Waals surface area (Å²) in [6.45, 7) is 0.629. The SMILES string of the molecule is COS(=O)(=O)[O-].C[N+](C)(CN)c1ccccc1. The molecule has 0 bridgehead atoms. The smallest absolute Gasteiger partial charge is 0.217 e. The van der Waals surface area contributed by atoms with Crippen molar-refractivity contribution in [1.29, 1.82) is 0 Å². The number of hydrogen-bond acceptors (Lipinski definition) is 5. The fourth-order valence-electron chi connectivity index (χ4n) is 0.937. The van der Waals surface area contributed by atoms with Gasteiger partial charge in [0.25, 0.3) is 0 Å². The van der Waals surface area contributed by atoms with Gasteiger partial charge in [-0.15, -0.1) is 0 Å². The number of benzene rings is 1. The van der Waals surface area contributed by atoms with Crippen molar-refractivity contribution in [3.63, 3.8) is 0 Å². The minimum absolute atomic E-state index is 0.629. The molecule has 0 aliphatic carbocycles. The zero-order valence-electron chi connectivity index (χ0n) is 10.2. The second kappa shape index (κ2) is 6.67. The lowest BCUT2D eigenvalue weighted by molar-refractivity contribution is 0.314. The van der Waals surface area contributed by atoms with Crippen LogP contribution in [0.3, 0.4) is 0 Å². The second-order valence-corrected chi connectivity index (χ2v) is 4.93. The van der Waals surface area contributed by atoms with Crippen LogP contribution in [-0.2, 0) is 14.6 Å². The highest BCUT2D eigenvalue weighted by Crippen LogP contribution is 2.15. The maximum Gasteiger partial charge on any atom is 0.217 e. The Morgan fingerprint density at radius 2 is 1.71 bits per heavy atom. The monoisotopic (exact) mass is 262 g/mol. The van der Waals surface area contributed by atoms with Gasteiger partial charge in [0.1, 0.15) is 12.4 Å². The predicted molar refractivity (Wildman–Crippen MR) is 65.8 cm³/mol. The summed E-state index contributed by atoms with van der Waals surface area (Å²) in [6, 6.07) is 10.3. The zero-order chi connectivity index (χ0) is 13.5. The molecule has 17 heavy (non-hydrogen) atoms. The molecule has 0 aromatic heterocycles. The first-order valence-electron chi connectivity index (χ1n) is 4.83. The fourth-order valence-corrected chi connectivity index (χ4v) is 0.937. The molecule has 0 aliphatic rings. The van der Waals surface area contributed by atoms with Crippen LogP contribution in [0, 0.1) is 0 Å². The van der Waals surface area contributed by atoms with Gasteiger partial charge in [-0.2, -0.15) is 0 Å². The number of quaternary nitrogens is 1. The lowest BCUT2D eigenvalue weighted by Gasteiger charge is -2.26. The van der Waals surface area contributed by atoms with Crippen LogP contribution in [0.15, 0.2) is 30.3 Å². The summed E-state index contributed by atoms with van der Waals surface area (Å²) in [5, 5.41) is 0. The summed E-state index contributed by atoms with van der Waals surface area (Å²) in [4.78, 5) is 0. The summed E-state index contributed by atoms with van der Waals surface area (Å²) in [6.07, 6.45) is 0. The van der Waals surface area contributed by atoms with Crippen LogP contribution in [-0.4, -0.2) is 40.8 Å². The summed E-state index contributed by atoms with van der Waals surface area (Å²) < 4.78 is 31.8. The van der Waals surface area contributed by atoms with E-state index in [2.05, 4.69) is 30.4 Å². The van der Waals surface area contributed by atoms with Crippen molar-refractivity contribution in [3.8, 4) is 0 Å². The molecule has 1 aromatic rings. The second-order valence-electron chi connectivity index (χ2n) is 3.78. The number of nitrogens with two attached hydrogens (primary N) is 1. The lowest BCUT2D eigenvalue weighted by atomic mass is 10.3. The largest absolute Gasteiger partial charge is 0.726 e. The summed E-state index contributed by atoms with van der Waals surface area (Å²) >= 11 is 0. The van der Waals surface area contributed by atoms with Gasteiger partial charge in [-0.25, -0.2) is 8.42 Å². The zero-order valence-corrected chi connectivity index (χ0v) is 11.0. The molecule has 7 heteroatoms. The third-order valence-corrected chi connectivity index (χ3v) is 2.52. The summed E-state index contributed by atoms with van der Waals surface area (Å²) in [7, 11) is 0.581. The van der Waals surface area contributed by atoms with Crippen LogP contribution in [0.5, 0.6) is 0 Å². The Kier molecular flexibility index (Phi) is 6.29. The molecular formula is C10H18N2O4S. The van der Waals surface area contributed by atoms with Crippen molar-refractivity contribution in [2.45, 2.75) is 0 Å². The molecule has 0 aliphatic heterocycles. The van der Waals surface area contributed by atoms with E-state index in [1.54, 1.807) is 0 Å². The van der Waals surface area contributed by atoms with Crippen molar-refractivity contribution in [1.82, 2.24) is 4.48 Å². The number of nitrogens with zero attached hydrogens (tertiary/aromatic N) is 1. The van der Waals surface area contributed by atoms with Gasteiger partial charge in [0.05, 0.1) is 21.2 Å². The maximum atomic E-state index is 9.22. The molecule has 1 rings (SSSR count). The Morgan fingerprint density at radius 3 is 2.00 bits per heavy atom. The minimum Gasteiger partial charge on any atom is -0.726 e. The normalized spacial score (nSPS) is 11.6. The van der Waals surface area contributed by atoms with E-state index in [1.165, 1.54) is 5.69 Å². The van der Waals surface area contributed by atoms with Gasteiger partial charge in [-0.05, 0) is 12.1 Å². The Hall–Kier alpha value is -0.990. The summed E-state index contributed by atoms with van der Waals surface area (Å²) in [5.74, 6) is 0. The highest BCUT2D eigenvalue weighted by molar-refractivity contribution is 7.80. The Bertz CT molecular complexity index is 417. The molecule has 6 nitrogen and oxygen atoms in total. The molecule has 0 unspecified atom stereocenters. The standard InChI is InChI=1S/C9H15N2.CH4O4S/c1-11(2,8-10)9-6-4-3-5-7-9;1-5-6(2,3)4/h3-7H,8,10H2,1-2H3;1H3,(H,2,3,4)/q+1;/p-1. The van der Waals surface area contributed by atoms with Crippen molar-refractivity contribution >= 4 is 16.1 Å². The first kappa shape index (κ1) is 16.0. The average molecular weight is 262 g/mol. The highest BCUT2D eigenvalue weighted by atomic mass is 32.3. The first-order chi connectivity index (χ1) is 7.73. The third kappa shape index (κ3) is 7.03. The van der Waals surface area contributed by atoms with E-state index in [4.69, 9.17) is 5.73 Å². The van der Waals surface area contributed by atoms with E-state index in [0.29, 0.717) is 6.67 Å².